The van der Waals surface area contributed by atoms with Crippen molar-refractivity contribution in [3.05, 3.63) is 108 Å². The van der Waals surface area contributed by atoms with E-state index in [0.29, 0.717) is 28.3 Å². The highest BCUT2D eigenvalue weighted by Gasteiger charge is 2.28. The van der Waals surface area contributed by atoms with Gasteiger partial charge in [0.25, 0.3) is 0 Å². The number of rotatable bonds is 8. The highest BCUT2D eigenvalue weighted by Crippen LogP contribution is 2.31. The first-order valence-electron chi connectivity index (χ1n) is 10.9. The van der Waals surface area contributed by atoms with Gasteiger partial charge in [-0.05, 0) is 41.5 Å². The number of nitrogens with zero attached hydrogens (tertiary/aromatic N) is 2. The first-order chi connectivity index (χ1) is 16.7. The molecule has 5 aromatic rings. The lowest BCUT2D eigenvalue weighted by Crippen LogP contribution is -2.24. The number of pyridine rings is 1. The minimum atomic E-state index is -0.750. The Morgan fingerprint density at radius 2 is 1.94 bits per heavy atom. The third kappa shape index (κ3) is 4.04. The first-order valence-corrected chi connectivity index (χ1v) is 10.9. The van der Waals surface area contributed by atoms with Crippen LogP contribution in [-0.2, 0) is 6.61 Å². The molecule has 0 fully saturated rings. The Hall–Kier alpha value is -4.36. The lowest BCUT2D eigenvalue weighted by molar-refractivity contribution is 0.0968. The molecule has 0 saturated heterocycles. The second kappa shape index (κ2) is 9.25. The summed E-state index contributed by atoms with van der Waals surface area (Å²) < 4.78 is 7.15. The molecule has 2 aromatic carbocycles. The van der Waals surface area contributed by atoms with Crippen LogP contribution in [0.1, 0.15) is 27.7 Å². The molecule has 3 N–H and O–H groups in total. The van der Waals surface area contributed by atoms with Crippen LogP contribution in [0.25, 0.3) is 16.6 Å². The van der Waals surface area contributed by atoms with E-state index in [4.69, 9.17) is 4.74 Å². The Morgan fingerprint density at radius 1 is 1.09 bits per heavy atom. The highest BCUT2D eigenvalue weighted by molar-refractivity contribution is 6.07. The van der Waals surface area contributed by atoms with E-state index in [1.165, 1.54) is 0 Å². The van der Waals surface area contributed by atoms with E-state index in [1.807, 2.05) is 60.8 Å². The van der Waals surface area contributed by atoms with Crippen LogP contribution >= 0.6 is 0 Å². The average molecular weight is 453 g/mol. The molecule has 1 unspecified atom stereocenters. The fourth-order valence-electron chi connectivity index (χ4n) is 4.16. The zero-order valence-electron chi connectivity index (χ0n) is 18.6. The van der Waals surface area contributed by atoms with E-state index in [0.717, 1.165) is 16.6 Å². The molecule has 0 saturated carbocycles. The molecule has 0 aliphatic heterocycles. The highest BCUT2D eigenvalue weighted by atomic mass is 16.5. The van der Waals surface area contributed by atoms with Gasteiger partial charge in [-0.15, -0.1) is 0 Å². The van der Waals surface area contributed by atoms with Gasteiger partial charge in [0, 0.05) is 41.5 Å². The van der Waals surface area contributed by atoms with Gasteiger partial charge in [-0.1, -0.05) is 36.4 Å². The molecule has 1 atom stereocenters. The number of hydrogen-bond donors (Lipinski definition) is 3. The Bertz CT molecular complexity index is 1420. The van der Waals surface area contributed by atoms with Crippen molar-refractivity contribution in [2.45, 2.75) is 12.6 Å². The Labute approximate surface area is 196 Å². The summed E-state index contributed by atoms with van der Waals surface area (Å²) in [5.74, 6) is 0.473. The number of nitrogens with one attached hydrogen (secondary N) is 2. The van der Waals surface area contributed by atoms with Gasteiger partial charge in [0.2, 0.25) is 0 Å². The average Bonchev–Trinajstić information content (AvgIpc) is 3.57. The van der Waals surface area contributed by atoms with Gasteiger partial charge in [0.15, 0.2) is 5.78 Å². The fraction of sp³-hybridized carbons (Fsp3) is 0.111. The summed E-state index contributed by atoms with van der Waals surface area (Å²) in [6.07, 6.45) is 5.28. The molecule has 5 rings (SSSR count). The molecule has 0 radical (unpaired) electrons. The van der Waals surface area contributed by atoms with Crippen LogP contribution in [0.4, 0.5) is 5.69 Å². The summed E-state index contributed by atoms with van der Waals surface area (Å²) in [4.78, 5) is 17.2. The SMILES string of the molecule is COc1cc(CO)cc(NC(C(=O)c2c[nH]cc2-c2ccccc2)c2cccc3ccnn23)c1. The second-order valence-corrected chi connectivity index (χ2v) is 7.94. The molecule has 0 amide bonds. The lowest BCUT2D eigenvalue weighted by Gasteiger charge is -2.21. The van der Waals surface area contributed by atoms with Gasteiger partial charge in [-0.3, -0.25) is 4.79 Å². The summed E-state index contributed by atoms with van der Waals surface area (Å²) >= 11 is 0. The zero-order chi connectivity index (χ0) is 23.5. The number of fused-ring (bicyclic) bond motifs is 1. The van der Waals surface area contributed by atoms with Gasteiger partial charge >= 0.3 is 0 Å². The molecule has 3 heterocycles. The summed E-state index contributed by atoms with van der Waals surface area (Å²) in [5, 5.41) is 17.5. The molecule has 0 bridgehead atoms. The van der Waals surface area contributed by atoms with Crippen molar-refractivity contribution < 1.29 is 14.6 Å². The number of Topliss-reactive ketones (excluding diaryl/α,β-unsaturated/α-hetero) is 1. The standard InChI is InChI=1S/C27H24N4O3/c1-34-22-13-18(17-32)12-20(14-22)30-26(25-9-5-8-21-10-11-29-31(21)25)27(33)24-16-28-15-23(24)19-6-3-2-4-7-19/h2-16,26,28,30,32H,17H2,1H3. The topological polar surface area (TPSA) is 91.6 Å². The van der Waals surface area contributed by atoms with E-state index >= 15 is 0 Å². The molecule has 34 heavy (non-hydrogen) atoms. The van der Waals surface area contributed by atoms with Crippen molar-refractivity contribution in [1.29, 1.82) is 0 Å². The Kier molecular flexibility index (Phi) is 5.84. The normalized spacial score (nSPS) is 11.9. The van der Waals surface area contributed by atoms with Crippen LogP contribution in [0.2, 0.25) is 0 Å². The number of ketones is 1. The van der Waals surface area contributed by atoms with E-state index in [9.17, 15) is 9.90 Å². The minimum Gasteiger partial charge on any atom is -0.497 e. The quantitative estimate of drug-likeness (QED) is 0.292. The second-order valence-electron chi connectivity index (χ2n) is 7.94. The number of carbonyl (C=O) groups excluding carboxylic acids is 1. The van der Waals surface area contributed by atoms with E-state index in [2.05, 4.69) is 15.4 Å². The summed E-state index contributed by atoms with van der Waals surface area (Å²) in [6, 6.07) is 22.1. The smallest absolute Gasteiger partial charge is 0.193 e. The van der Waals surface area contributed by atoms with Crippen molar-refractivity contribution >= 4 is 17.0 Å². The number of aliphatic hydroxyl groups is 1. The molecular formula is C27H24N4O3. The van der Waals surface area contributed by atoms with Gasteiger partial charge in [-0.2, -0.15) is 5.10 Å². The van der Waals surface area contributed by atoms with Crippen LogP contribution in [0, 0.1) is 0 Å². The van der Waals surface area contributed by atoms with Gasteiger partial charge < -0.3 is 20.1 Å². The van der Waals surface area contributed by atoms with Crippen LogP contribution in [-0.4, -0.2) is 32.6 Å². The Morgan fingerprint density at radius 3 is 2.74 bits per heavy atom. The fourth-order valence-corrected chi connectivity index (χ4v) is 4.16. The number of ether oxygens (including phenoxy) is 1. The van der Waals surface area contributed by atoms with Crippen molar-refractivity contribution in [3.8, 4) is 16.9 Å². The maximum absolute atomic E-state index is 14.1. The Balaban J connectivity index is 1.62. The summed E-state index contributed by atoms with van der Waals surface area (Å²) in [5.41, 5.74) is 5.26. The van der Waals surface area contributed by atoms with Crippen LogP contribution in [0.5, 0.6) is 5.75 Å². The number of carbonyl (C=O) groups is 1. The monoisotopic (exact) mass is 452 g/mol. The van der Waals surface area contributed by atoms with Gasteiger partial charge in [-0.25, -0.2) is 4.52 Å². The number of anilines is 1. The number of hydrogen-bond acceptors (Lipinski definition) is 5. The predicted molar refractivity (Wildman–Crippen MR) is 131 cm³/mol. The largest absolute Gasteiger partial charge is 0.497 e. The van der Waals surface area contributed by atoms with E-state index in [-0.39, 0.29) is 12.4 Å². The molecule has 7 nitrogen and oxygen atoms in total. The van der Waals surface area contributed by atoms with Crippen molar-refractivity contribution in [1.82, 2.24) is 14.6 Å². The molecular weight excluding hydrogens is 428 g/mol. The molecule has 7 heteroatoms. The number of methoxy groups -OCH3 is 1. The number of H-pyrrole nitrogens is 1. The van der Waals surface area contributed by atoms with E-state index in [1.54, 1.807) is 42.2 Å². The van der Waals surface area contributed by atoms with Gasteiger partial charge in [0.1, 0.15) is 11.8 Å². The number of aromatic amines is 1. The van der Waals surface area contributed by atoms with Crippen LogP contribution < -0.4 is 10.1 Å². The predicted octanol–water partition coefficient (Wildman–Crippen LogP) is 4.87. The third-order valence-electron chi connectivity index (χ3n) is 5.80. The maximum atomic E-state index is 14.1. The summed E-state index contributed by atoms with van der Waals surface area (Å²) in [6.45, 7) is -0.144. The molecule has 170 valence electrons. The van der Waals surface area contributed by atoms with Crippen LogP contribution in [0.15, 0.2) is 91.4 Å². The number of aromatic nitrogens is 3. The van der Waals surface area contributed by atoms with Crippen molar-refractivity contribution in [3.63, 3.8) is 0 Å². The number of aliphatic hydroxyl groups excluding tert-OH is 1. The number of benzene rings is 2. The maximum Gasteiger partial charge on any atom is 0.193 e. The molecule has 3 aromatic heterocycles. The minimum absolute atomic E-state index is 0.114. The van der Waals surface area contributed by atoms with Gasteiger partial charge in [0.05, 0.1) is 24.9 Å². The molecule has 0 spiro atoms. The first kappa shape index (κ1) is 21.5. The third-order valence-corrected chi connectivity index (χ3v) is 5.80. The van der Waals surface area contributed by atoms with E-state index < -0.39 is 6.04 Å². The molecule has 0 aliphatic rings. The zero-order valence-corrected chi connectivity index (χ0v) is 18.6. The summed E-state index contributed by atoms with van der Waals surface area (Å²) in [7, 11) is 1.57. The van der Waals surface area contributed by atoms with Crippen molar-refractivity contribution in [2.75, 3.05) is 12.4 Å². The van der Waals surface area contributed by atoms with Crippen LogP contribution in [0.3, 0.4) is 0 Å². The lowest BCUT2D eigenvalue weighted by atomic mass is 9.96. The van der Waals surface area contributed by atoms with Crippen molar-refractivity contribution in [2.24, 2.45) is 0 Å². The molecule has 0 aliphatic carbocycles.